The van der Waals surface area contributed by atoms with E-state index in [-0.39, 0.29) is 30.9 Å². The summed E-state index contributed by atoms with van der Waals surface area (Å²) in [5.74, 6) is -0.239. The molecule has 136 valence electrons. The first-order chi connectivity index (χ1) is 12.2. The van der Waals surface area contributed by atoms with Crippen LogP contribution in [0, 0.1) is 0 Å². The molecule has 1 aromatic rings. The minimum atomic E-state index is -0.347. The number of benzene rings is 1. The molecule has 0 saturated carbocycles. The summed E-state index contributed by atoms with van der Waals surface area (Å²) in [6.07, 6.45) is 0.257. The fraction of sp³-hybridized carbons (Fsp3) is 0.556. The van der Waals surface area contributed by atoms with E-state index in [0.717, 1.165) is 32.7 Å². The molecule has 2 aliphatic rings. The molecule has 2 fully saturated rings. The van der Waals surface area contributed by atoms with Crippen LogP contribution in [0.2, 0.25) is 0 Å². The number of carbonyl (C=O) groups excluding carboxylic acids is 2. The van der Waals surface area contributed by atoms with E-state index in [0.29, 0.717) is 18.9 Å². The van der Waals surface area contributed by atoms with Crippen molar-refractivity contribution in [3.8, 4) is 0 Å². The number of imide groups is 1. The summed E-state index contributed by atoms with van der Waals surface area (Å²) < 4.78 is 5.30. The van der Waals surface area contributed by atoms with Gasteiger partial charge in [-0.05, 0) is 12.1 Å². The largest absolute Gasteiger partial charge is 0.394 e. The number of aliphatic hydroxyl groups excluding tert-OH is 1. The number of anilines is 1. The van der Waals surface area contributed by atoms with E-state index in [1.165, 1.54) is 4.90 Å². The van der Waals surface area contributed by atoms with Gasteiger partial charge >= 0.3 is 0 Å². The summed E-state index contributed by atoms with van der Waals surface area (Å²) >= 11 is 0. The zero-order chi connectivity index (χ0) is 17.6. The molecule has 1 aromatic carbocycles. The van der Waals surface area contributed by atoms with Gasteiger partial charge < -0.3 is 9.84 Å². The Morgan fingerprint density at radius 2 is 1.76 bits per heavy atom. The second-order valence-electron chi connectivity index (χ2n) is 6.34. The average Bonchev–Trinajstić information content (AvgIpc) is 2.94. The molecule has 0 aromatic heterocycles. The Hall–Kier alpha value is -1.80. The maximum Gasteiger partial charge on any atom is 0.251 e. The highest BCUT2D eigenvalue weighted by atomic mass is 16.5. The van der Waals surface area contributed by atoms with Gasteiger partial charge in [-0.3, -0.25) is 19.4 Å². The van der Waals surface area contributed by atoms with Crippen molar-refractivity contribution in [3.05, 3.63) is 30.3 Å². The van der Waals surface area contributed by atoms with Crippen LogP contribution in [-0.4, -0.2) is 85.3 Å². The Morgan fingerprint density at radius 1 is 1.04 bits per heavy atom. The molecule has 1 N–H and O–H groups in total. The van der Waals surface area contributed by atoms with E-state index in [1.807, 2.05) is 18.2 Å². The fourth-order valence-electron chi connectivity index (χ4n) is 3.41. The predicted octanol–water partition coefficient (Wildman–Crippen LogP) is -0.0550. The summed E-state index contributed by atoms with van der Waals surface area (Å²) in [4.78, 5) is 30.8. The summed E-state index contributed by atoms with van der Waals surface area (Å²) in [6.45, 7) is 5.08. The second kappa shape index (κ2) is 8.53. The first kappa shape index (κ1) is 18.0. The van der Waals surface area contributed by atoms with Crippen molar-refractivity contribution in [2.24, 2.45) is 0 Å². The highest BCUT2D eigenvalue weighted by Crippen LogP contribution is 2.26. The van der Waals surface area contributed by atoms with E-state index in [9.17, 15) is 9.59 Å². The summed E-state index contributed by atoms with van der Waals surface area (Å²) in [5, 5.41) is 8.70. The van der Waals surface area contributed by atoms with E-state index in [4.69, 9.17) is 9.84 Å². The molecule has 7 nitrogen and oxygen atoms in total. The van der Waals surface area contributed by atoms with Crippen molar-refractivity contribution in [3.63, 3.8) is 0 Å². The quantitative estimate of drug-likeness (QED) is 0.551. The molecule has 2 aliphatic heterocycles. The smallest absolute Gasteiger partial charge is 0.251 e. The van der Waals surface area contributed by atoms with Crippen molar-refractivity contribution in [2.45, 2.75) is 12.5 Å². The van der Waals surface area contributed by atoms with E-state index in [2.05, 4.69) is 9.80 Å². The molecule has 25 heavy (non-hydrogen) atoms. The molecule has 0 radical (unpaired) electrons. The third kappa shape index (κ3) is 4.24. The van der Waals surface area contributed by atoms with Gasteiger partial charge in [-0.1, -0.05) is 18.2 Å². The SMILES string of the molecule is O=C1CC(N2CCN(CCOCCO)CC2)C(=O)N1c1ccccc1. The van der Waals surface area contributed by atoms with Crippen molar-refractivity contribution < 1.29 is 19.4 Å². The van der Waals surface area contributed by atoms with Crippen LogP contribution in [0.15, 0.2) is 30.3 Å². The molecule has 7 heteroatoms. The summed E-state index contributed by atoms with van der Waals surface area (Å²) in [7, 11) is 0. The van der Waals surface area contributed by atoms with Crippen LogP contribution in [0.4, 0.5) is 5.69 Å². The normalized spacial score (nSPS) is 22.8. The van der Waals surface area contributed by atoms with Gasteiger partial charge in [0.1, 0.15) is 0 Å². The monoisotopic (exact) mass is 347 g/mol. The molecule has 1 unspecified atom stereocenters. The van der Waals surface area contributed by atoms with Gasteiger partial charge in [0.15, 0.2) is 0 Å². The van der Waals surface area contributed by atoms with Gasteiger partial charge in [-0.25, -0.2) is 4.90 Å². The van der Waals surface area contributed by atoms with Crippen LogP contribution in [0.25, 0.3) is 0 Å². The topological polar surface area (TPSA) is 73.3 Å². The Balaban J connectivity index is 1.52. The Kier molecular flexibility index (Phi) is 6.14. The van der Waals surface area contributed by atoms with Gasteiger partial charge in [-0.15, -0.1) is 0 Å². The van der Waals surface area contributed by atoms with Gasteiger partial charge in [0, 0.05) is 32.7 Å². The highest BCUT2D eigenvalue weighted by Gasteiger charge is 2.43. The molecule has 2 amide bonds. The number of para-hydroxylation sites is 1. The lowest BCUT2D eigenvalue weighted by Crippen LogP contribution is -2.53. The van der Waals surface area contributed by atoms with E-state index in [1.54, 1.807) is 12.1 Å². The molecule has 2 saturated heterocycles. The Morgan fingerprint density at radius 3 is 2.44 bits per heavy atom. The van der Waals surface area contributed by atoms with Crippen LogP contribution >= 0.6 is 0 Å². The lowest BCUT2D eigenvalue weighted by Gasteiger charge is -2.36. The van der Waals surface area contributed by atoms with Crippen molar-refractivity contribution >= 4 is 17.5 Å². The molecule has 1 atom stereocenters. The third-order valence-electron chi connectivity index (χ3n) is 4.77. The van der Waals surface area contributed by atoms with Crippen LogP contribution in [-0.2, 0) is 14.3 Å². The lowest BCUT2D eigenvalue weighted by molar-refractivity contribution is -0.123. The maximum atomic E-state index is 12.7. The molecule has 2 heterocycles. The first-order valence-electron chi connectivity index (χ1n) is 8.77. The highest BCUT2D eigenvalue weighted by molar-refractivity contribution is 6.22. The van der Waals surface area contributed by atoms with Gasteiger partial charge in [0.2, 0.25) is 5.91 Å². The lowest BCUT2D eigenvalue weighted by atomic mass is 10.1. The summed E-state index contributed by atoms with van der Waals surface area (Å²) in [6, 6.07) is 8.78. The van der Waals surface area contributed by atoms with Gasteiger partial charge in [0.25, 0.3) is 5.91 Å². The zero-order valence-corrected chi connectivity index (χ0v) is 14.3. The predicted molar refractivity (Wildman–Crippen MR) is 93.3 cm³/mol. The number of rotatable bonds is 7. The molecular formula is C18H25N3O4. The van der Waals surface area contributed by atoms with Crippen LogP contribution in [0.1, 0.15) is 6.42 Å². The number of amides is 2. The number of nitrogens with zero attached hydrogens (tertiary/aromatic N) is 3. The molecular weight excluding hydrogens is 322 g/mol. The minimum Gasteiger partial charge on any atom is -0.394 e. The van der Waals surface area contributed by atoms with Crippen LogP contribution < -0.4 is 4.90 Å². The minimum absolute atomic E-state index is 0.0452. The van der Waals surface area contributed by atoms with Crippen molar-refractivity contribution in [2.75, 3.05) is 57.4 Å². The first-order valence-corrected chi connectivity index (χ1v) is 8.77. The van der Waals surface area contributed by atoms with Crippen LogP contribution in [0.3, 0.4) is 0 Å². The number of carbonyl (C=O) groups is 2. The van der Waals surface area contributed by atoms with Crippen LogP contribution in [0.5, 0.6) is 0 Å². The standard InChI is InChI=1S/C18H25N3O4/c22-11-13-25-12-10-19-6-8-20(9-7-19)16-14-17(23)21(18(16)24)15-4-2-1-3-5-15/h1-5,16,22H,6-14H2. The molecule has 0 spiro atoms. The maximum absolute atomic E-state index is 12.7. The second-order valence-corrected chi connectivity index (χ2v) is 6.34. The van der Waals surface area contributed by atoms with E-state index >= 15 is 0 Å². The fourth-order valence-corrected chi connectivity index (χ4v) is 3.41. The average molecular weight is 347 g/mol. The number of hydrogen-bond donors (Lipinski definition) is 1. The van der Waals surface area contributed by atoms with Crippen molar-refractivity contribution in [1.29, 1.82) is 0 Å². The number of piperazine rings is 1. The number of ether oxygens (including phenoxy) is 1. The molecule has 0 aliphatic carbocycles. The Bertz CT molecular complexity index is 587. The zero-order valence-electron chi connectivity index (χ0n) is 14.3. The summed E-state index contributed by atoms with van der Waals surface area (Å²) in [5.41, 5.74) is 0.652. The van der Waals surface area contributed by atoms with Gasteiger partial charge in [-0.2, -0.15) is 0 Å². The number of aliphatic hydroxyl groups is 1. The molecule has 3 rings (SSSR count). The Labute approximate surface area is 147 Å². The van der Waals surface area contributed by atoms with Crippen molar-refractivity contribution in [1.82, 2.24) is 9.80 Å². The van der Waals surface area contributed by atoms with E-state index < -0.39 is 0 Å². The third-order valence-corrected chi connectivity index (χ3v) is 4.77. The number of hydrogen-bond acceptors (Lipinski definition) is 6. The van der Waals surface area contributed by atoms with Gasteiger partial charge in [0.05, 0.1) is 38.0 Å². The molecule has 0 bridgehead atoms.